The summed E-state index contributed by atoms with van der Waals surface area (Å²) >= 11 is 17.6. The van der Waals surface area contributed by atoms with Gasteiger partial charge in [-0.3, -0.25) is 9.69 Å². The van der Waals surface area contributed by atoms with Gasteiger partial charge in [-0.1, -0.05) is 41.4 Å². The van der Waals surface area contributed by atoms with Crippen LogP contribution in [0.15, 0.2) is 60.3 Å². The van der Waals surface area contributed by atoms with Crippen molar-refractivity contribution in [2.24, 2.45) is 0 Å². The molecule has 0 aromatic heterocycles. The summed E-state index contributed by atoms with van der Waals surface area (Å²) in [5.41, 5.74) is 2.95. The quantitative estimate of drug-likeness (QED) is 0.352. The van der Waals surface area contributed by atoms with E-state index < -0.39 is 0 Å². The summed E-state index contributed by atoms with van der Waals surface area (Å²) < 4.78 is 0. The molecule has 0 fully saturated rings. The van der Waals surface area contributed by atoms with Crippen molar-refractivity contribution < 1.29 is 4.79 Å². The number of carbonyl (C=O) groups excluding carboxylic acids is 1. The van der Waals surface area contributed by atoms with Gasteiger partial charge in [0.25, 0.3) is 0 Å². The van der Waals surface area contributed by atoms with Crippen molar-refractivity contribution in [1.29, 1.82) is 0 Å². The van der Waals surface area contributed by atoms with Crippen LogP contribution in [0.2, 0.25) is 10.0 Å². The lowest BCUT2D eigenvalue weighted by atomic mass is 10.0. The number of halogens is 2. The van der Waals surface area contributed by atoms with E-state index in [2.05, 4.69) is 25.2 Å². The number of ketones is 1. The highest BCUT2D eigenvalue weighted by atomic mass is 35.5. The van der Waals surface area contributed by atoms with Crippen molar-refractivity contribution in [2.45, 2.75) is 26.3 Å². The number of thiocarbonyl (C=S) groups is 1. The molecule has 1 N–H and O–H groups in total. The highest BCUT2D eigenvalue weighted by Crippen LogP contribution is 2.27. The Morgan fingerprint density at radius 1 is 1.18 bits per heavy atom. The lowest BCUT2D eigenvalue weighted by Gasteiger charge is -2.38. The van der Waals surface area contributed by atoms with Gasteiger partial charge in [0.15, 0.2) is 10.9 Å². The van der Waals surface area contributed by atoms with E-state index in [-0.39, 0.29) is 11.3 Å². The van der Waals surface area contributed by atoms with E-state index >= 15 is 0 Å². The lowest BCUT2D eigenvalue weighted by Crippen LogP contribution is -2.53. The maximum atomic E-state index is 12.7. The van der Waals surface area contributed by atoms with Crippen LogP contribution in [-0.4, -0.2) is 16.4 Å². The molecule has 3 nitrogen and oxygen atoms in total. The molecule has 1 aliphatic rings. The van der Waals surface area contributed by atoms with Crippen LogP contribution in [0.4, 0.5) is 5.69 Å². The molecule has 0 saturated carbocycles. The molecule has 3 rings (SSSR count). The molecule has 28 heavy (non-hydrogen) atoms. The summed E-state index contributed by atoms with van der Waals surface area (Å²) in [7, 11) is 0. The summed E-state index contributed by atoms with van der Waals surface area (Å²) in [6, 6.07) is 12.6. The van der Waals surface area contributed by atoms with E-state index in [1.165, 1.54) is 6.08 Å². The molecule has 0 amide bonds. The maximum Gasteiger partial charge on any atom is 0.185 e. The third kappa shape index (κ3) is 4.64. The molecule has 0 atom stereocenters. The number of rotatable bonds is 4. The van der Waals surface area contributed by atoms with Crippen molar-refractivity contribution in [3.05, 3.63) is 81.5 Å². The zero-order valence-corrected chi connectivity index (χ0v) is 18.1. The summed E-state index contributed by atoms with van der Waals surface area (Å²) in [6.07, 6.45) is 5.31. The van der Waals surface area contributed by atoms with Crippen molar-refractivity contribution >= 4 is 58.1 Å². The van der Waals surface area contributed by atoms with Gasteiger partial charge < -0.3 is 5.32 Å². The minimum atomic E-state index is -0.203. The van der Waals surface area contributed by atoms with E-state index in [1.807, 2.05) is 30.0 Å². The Kier molecular flexibility index (Phi) is 5.94. The molecular formula is C22H20Cl2N2OS. The van der Waals surface area contributed by atoms with Crippen LogP contribution in [-0.2, 0) is 0 Å². The zero-order chi connectivity index (χ0) is 20.5. The molecule has 0 saturated heterocycles. The Morgan fingerprint density at radius 3 is 2.61 bits per heavy atom. The van der Waals surface area contributed by atoms with E-state index in [0.29, 0.717) is 20.7 Å². The van der Waals surface area contributed by atoms with Gasteiger partial charge in [0, 0.05) is 27.0 Å². The number of carbonyl (C=O) groups is 1. The molecule has 6 heteroatoms. The highest BCUT2D eigenvalue weighted by Gasteiger charge is 2.27. The fourth-order valence-electron chi connectivity index (χ4n) is 3.13. The molecule has 0 bridgehead atoms. The zero-order valence-electron chi connectivity index (χ0n) is 15.8. The molecule has 2 aromatic rings. The standard InChI is InChI=1S/C22H20Cl2N2OS/c1-14-13-22(2,3)25-21(28)26(14)18-6-4-5-16(11-18)20(27)10-8-15-7-9-17(23)12-19(15)24/h4-13H,1-3H3,(H,25,28)/b10-8+. The molecule has 144 valence electrons. The number of nitrogens with zero attached hydrogens (tertiary/aromatic N) is 1. The van der Waals surface area contributed by atoms with Gasteiger partial charge in [-0.25, -0.2) is 0 Å². The van der Waals surface area contributed by atoms with Crippen LogP contribution in [0.3, 0.4) is 0 Å². The average molecular weight is 431 g/mol. The van der Waals surface area contributed by atoms with Crippen molar-refractivity contribution in [3.63, 3.8) is 0 Å². The van der Waals surface area contributed by atoms with Gasteiger partial charge in [0.05, 0.1) is 5.54 Å². The maximum absolute atomic E-state index is 12.7. The van der Waals surface area contributed by atoms with E-state index in [1.54, 1.807) is 30.3 Å². The van der Waals surface area contributed by atoms with Gasteiger partial charge in [-0.15, -0.1) is 0 Å². The Morgan fingerprint density at radius 2 is 1.93 bits per heavy atom. The first kappa shape index (κ1) is 20.6. The first-order valence-corrected chi connectivity index (χ1v) is 9.92. The first-order chi connectivity index (χ1) is 13.2. The van der Waals surface area contributed by atoms with Crippen LogP contribution >= 0.6 is 35.4 Å². The second kappa shape index (κ2) is 8.08. The Bertz CT molecular complexity index is 1010. The van der Waals surface area contributed by atoms with Crippen LogP contribution in [0, 0.1) is 0 Å². The summed E-state index contributed by atoms with van der Waals surface area (Å²) in [4.78, 5) is 14.6. The van der Waals surface area contributed by atoms with Crippen molar-refractivity contribution in [1.82, 2.24) is 5.32 Å². The Labute approximate surface area is 180 Å². The number of benzene rings is 2. The minimum absolute atomic E-state index is 0.120. The topological polar surface area (TPSA) is 32.3 Å². The molecule has 0 aliphatic carbocycles. The summed E-state index contributed by atoms with van der Waals surface area (Å²) in [5.74, 6) is -0.120. The number of hydrogen-bond acceptors (Lipinski definition) is 2. The molecule has 1 aliphatic heterocycles. The van der Waals surface area contributed by atoms with Gasteiger partial charge in [-0.05, 0) is 81.0 Å². The van der Waals surface area contributed by atoms with Crippen LogP contribution in [0.25, 0.3) is 6.08 Å². The van der Waals surface area contributed by atoms with E-state index in [9.17, 15) is 4.79 Å². The Hall–Kier alpha value is -2.14. The van der Waals surface area contributed by atoms with Crippen LogP contribution in [0.1, 0.15) is 36.7 Å². The summed E-state index contributed by atoms with van der Waals surface area (Å²) in [5, 5.41) is 4.96. The van der Waals surface area contributed by atoms with Crippen LogP contribution < -0.4 is 10.2 Å². The molecule has 0 radical (unpaired) electrons. The fraction of sp³-hybridized carbons (Fsp3) is 0.182. The monoisotopic (exact) mass is 430 g/mol. The van der Waals surface area contributed by atoms with Gasteiger partial charge >= 0.3 is 0 Å². The van der Waals surface area contributed by atoms with Crippen molar-refractivity contribution in [2.75, 3.05) is 4.90 Å². The normalized spacial score (nSPS) is 16.1. The largest absolute Gasteiger partial charge is 0.354 e. The number of allylic oxidation sites excluding steroid dienone is 2. The third-order valence-corrected chi connectivity index (χ3v) is 5.17. The lowest BCUT2D eigenvalue weighted by molar-refractivity contribution is 0.104. The number of anilines is 1. The van der Waals surface area contributed by atoms with Gasteiger partial charge in [0.2, 0.25) is 0 Å². The smallest absolute Gasteiger partial charge is 0.185 e. The second-order valence-electron chi connectivity index (χ2n) is 7.19. The predicted octanol–water partition coefficient (Wildman–Crippen LogP) is 6.27. The van der Waals surface area contributed by atoms with Gasteiger partial charge in [-0.2, -0.15) is 0 Å². The molecule has 2 aromatic carbocycles. The van der Waals surface area contributed by atoms with E-state index in [0.717, 1.165) is 16.9 Å². The average Bonchev–Trinajstić information content (AvgIpc) is 2.59. The predicted molar refractivity (Wildman–Crippen MR) is 122 cm³/mol. The third-order valence-electron chi connectivity index (χ3n) is 4.32. The van der Waals surface area contributed by atoms with Crippen LogP contribution in [0.5, 0.6) is 0 Å². The second-order valence-corrected chi connectivity index (χ2v) is 8.42. The molecule has 1 heterocycles. The fourth-order valence-corrected chi connectivity index (χ4v) is 4.12. The number of hydrogen-bond donors (Lipinski definition) is 1. The summed E-state index contributed by atoms with van der Waals surface area (Å²) in [6.45, 7) is 6.13. The van der Waals surface area contributed by atoms with E-state index in [4.69, 9.17) is 35.4 Å². The first-order valence-electron chi connectivity index (χ1n) is 8.75. The molecular weight excluding hydrogens is 411 g/mol. The number of nitrogens with one attached hydrogen (secondary N) is 1. The molecule has 0 unspecified atom stereocenters. The Balaban J connectivity index is 1.86. The minimum Gasteiger partial charge on any atom is -0.354 e. The SMILES string of the molecule is CC1=CC(C)(C)NC(=S)N1c1cccc(C(=O)/C=C/c2ccc(Cl)cc2Cl)c1. The van der Waals surface area contributed by atoms with Crippen molar-refractivity contribution in [3.8, 4) is 0 Å². The highest BCUT2D eigenvalue weighted by molar-refractivity contribution is 7.80. The molecule has 0 spiro atoms. The van der Waals surface area contributed by atoms with Gasteiger partial charge in [0.1, 0.15) is 0 Å².